The van der Waals surface area contributed by atoms with Gasteiger partial charge in [0.05, 0.1) is 34.4 Å². The Morgan fingerprint density at radius 2 is 1.93 bits per heavy atom. The Kier molecular flexibility index (Phi) is 4.90. The van der Waals surface area contributed by atoms with Crippen LogP contribution in [0, 0.1) is 0 Å². The number of halogens is 4. The molecule has 1 fully saturated rings. The van der Waals surface area contributed by atoms with Gasteiger partial charge in [0.15, 0.2) is 0 Å². The van der Waals surface area contributed by atoms with E-state index in [1.54, 1.807) is 22.9 Å². The van der Waals surface area contributed by atoms with Crippen molar-refractivity contribution in [3.63, 3.8) is 0 Å². The predicted molar refractivity (Wildman–Crippen MR) is 103 cm³/mol. The monoisotopic (exact) mass is 443 g/mol. The van der Waals surface area contributed by atoms with Gasteiger partial charge in [-0.3, -0.25) is 9.48 Å². The lowest BCUT2D eigenvalue weighted by molar-refractivity contribution is -0.0903. The van der Waals surface area contributed by atoms with Crippen molar-refractivity contribution in [2.45, 2.75) is 37.9 Å². The summed E-state index contributed by atoms with van der Waals surface area (Å²) in [6.45, 7) is 0.745. The Labute approximate surface area is 174 Å². The van der Waals surface area contributed by atoms with E-state index in [2.05, 4.69) is 10.4 Å². The first-order valence-corrected chi connectivity index (χ1v) is 9.68. The van der Waals surface area contributed by atoms with Gasteiger partial charge >= 0.3 is 6.03 Å². The molecule has 29 heavy (non-hydrogen) atoms. The van der Waals surface area contributed by atoms with Crippen LogP contribution in [-0.4, -0.2) is 45.1 Å². The minimum Gasteiger partial charge on any atom is -0.365 e. The Morgan fingerprint density at radius 1 is 1.21 bits per heavy atom. The van der Waals surface area contributed by atoms with Gasteiger partial charge in [-0.25, -0.2) is 13.6 Å². The van der Waals surface area contributed by atoms with E-state index in [9.17, 15) is 18.4 Å². The smallest absolute Gasteiger partial charge is 0.318 e. The van der Waals surface area contributed by atoms with E-state index >= 15 is 0 Å². The van der Waals surface area contributed by atoms with Crippen LogP contribution in [0.25, 0.3) is 11.3 Å². The van der Waals surface area contributed by atoms with Crippen molar-refractivity contribution in [2.24, 2.45) is 5.73 Å². The Bertz CT molecular complexity index is 1000. The lowest BCUT2D eigenvalue weighted by Gasteiger charge is -2.37. The lowest BCUT2D eigenvalue weighted by Crippen LogP contribution is -2.55. The molecular formula is C18H17Cl2F2N5O2. The zero-order chi connectivity index (χ0) is 20.9. The number of alkyl halides is 2. The fourth-order valence-corrected chi connectivity index (χ4v) is 3.92. The third-order valence-corrected chi connectivity index (χ3v) is 5.86. The second kappa shape index (κ2) is 7.14. The highest BCUT2D eigenvalue weighted by Gasteiger charge is 2.46. The number of carbonyl (C=O) groups excluding carboxylic acids is 2. The van der Waals surface area contributed by atoms with E-state index in [1.807, 2.05) is 0 Å². The summed E-state index contributed by atoms with van der Waals surface area (Å²) in [4.78, 5) is 26.1. The van der Waals surface area contributed by atoms with Crippen LogP contribution in [0.3, 0.4) is 0 Å². The summed E-state index contributed by atoms with van der Waals surface area (Å²) in [7, 11) is 0. The van der Waals surface area contributed by atoms with Gasteiger partial charge < -0.3 is 16.0 Å². The first kappa shape index (κ1) is 19.9. The highest BCUT2D eigenvalue weighted by molar-refractivity contribution is 6.42. The van der Waals surface area contributed by atoms with Gasteiger partial charge in [-0.1, -0.05) is 29.3 Å². The minimum absolute atomic E-state index is 0.0849. The van der Waals surface area contributed by atoms with E-state index in [0.29, 0.717) is 40.1 Å². The molecule has 154 valence electrons. The molecule has 3 amide bonds. The van der Waals surface area contributed by atoms with Crippen LogP contribution < -0.4 is 11.1 Å². The number of benzene rings is 1. The van der Waals surface area contributed by atoms with Crippen molar-refractivity contribution in [1.82, 2.24) is 20.0 Å². The second-order valence-corrected chi connectivity index (χ2v) is 8.03. The number of carbonyl (C=O) groups is 2. The number of urea groups is 1. The molecule has 0 unspecified atom stereocenters. The molecule has 7 nitrogen and oxygen atoms in total. The third-order valence-electron chi connectivity index (χ3n) is 5.12. The molecule has 2 aromatic rings. The Morgan fingerprint density at radius 3 is 2.55 bits per heavy atom. The molecule has 1 aromatic carbocycles. The largest absolute Gasteiger partial charge is 0.365 e. The molecular weight excluding hydrogens is 427 g/mol. The molecule has 4 rings (SSSR count). The first-order chi connectivity index (χ1) is 13.6. The minimum atomic E-state index is -2.72. The van der Waals surface area contributed by atoms with Gasteiger partial charge in [-0.05, 0) is 12.1 Å². The number of primary amides is 1. The number of nitrogens with one attached hydrogen (secondary N) is 1. The molecule has 1 aromatic heterocycles. The zero-order valence-electron chi connectivity index (χ0n) is 15.1. The quantitative estimate of drug-likeness (QED) is 0.761. The molecule has 2 aliphatic rings. The SMILES string of the molecule is NC(=O)c1c(-c2ccc(Cl)c(Cl)c2)nn2c1CN(C(=O)NC1CC(F)(F)C1)CC2. The highest BCUT2D eigenvalue weighted by atomic mass is 35.5. The van der Waals surface area contributed by atoms with Gasteiger partial charge in [0, 0.05) is 31.0 Å². The lowest BCUT2D eigenvalue weighted by atomic mass is 9.88. The molecule has 3 N–H and O–H groups in total. The van der Waals surface area contributed by atoms with Crippen LogP contribution in [0.1, 0.15) is 28.9 Å². The maximum absolute atomic E-state index is 13.0. The molecule has 1 saturated carbocycles. The fourth-order valence-electron chi connectivity index (χ4n) is 3.62. The summed E-state index contributed by atoms with van der Waals surface area (Å²) in [5.74, 6) is -3.40. The van der Waals surface area contributed by atoms with Gasteiger partial charge in [-0.15, -0.1) is 0 Å². The number of amides is 3. The van der Waals surface area contributed by atoms with Crippen molar-refractivity contribution in [2.75, 3.05) is 6.54 Å². The number of nitrogens with zero attached hydrogens (tertiary/aromatic N) is 3. The van der Waals surface area contributed by atoms with Crippen molar-refractivity contribution < 1.29 is 18.4 Å². The van der Waals surface area contributed by atoms with E-state index in [4.69, 9.17) is 28.9 Å². The zero-order valence-corrected chi connectivity index (χ0v) is 16.6. The predicted octanol–water partition coefficient (Wildman–Crippen LogP) is 3.28. The summed E-state index contributed by atoms with van der Waals surface area (Å²) in [5.41, 5.74) is 7.20. The number of fused-ring (bicyclic) bond motifs is 1. The summed E-state index contributed by atoms with van der Waals surface area (Å²) in [5, 5.41) is 7.75. The maximum Gasteiger partial charge on any atom is 0.318 e. The van der Waals surface area contributed by atoms with E-state index < -0.39 is 23.9 Å². The Hall–Kier alpha value is -2.39. The van der Waals surface area contributed by atoms with Crippen LogP contribution in [0.15, 0.2) is 18.2 Å². The second-order valence-electron chi connectivity index (χ2n) is 7.22. The number of hydrogen-bond donors (Lipinski definition) is 2. The highest BCUT2D eigenvalue weighted by Crippen LogP contribution is 2.37. The molecule has 0 saturated heterocycles. The van der Waals surface area contributed by atoms with Gasteiger partial charge in [-0.2, -0.15) is 5.10 Å². The van der Waals surface area contributed by atoms with Gasteiger partial charge in [0.25, 0.3) is 11.8 Å². The summed E-state index contributed by atoms with van der Waals surface area (Å²) in [6.07, 6.45) is -0.725. The van der Waals surface area contributed by atoms with Crippen LogP contribution >= 0.6 is 23.2 Å². The fraction of sp³-hybridized carbons (Fsp3) is 0.389. The number of nitrogens with two attached hydrogens (primary N) is 1. The molecule has 2 heterocycles. The van der Waals surface area contributed by atoms with Gasteiger partial charge in [0.1, 0.15) is 5.69 Å². The molecule has 0 atom stereocenters. The van der Waals surface area contributed by atoms with Crippen molar-refractivity contribution in [3.05, 3.63) is 39.5 Å². The number of aromatic nitrogens is 2. The van der Waals surface area contributed by atoms with Crippen LogP contribution in [0.5, 0.6) is 0 Å². The van der Waals surface area contributed by atoms with Gasteiger partial charge in [0.2, 0.25) is 0 Å². The van der Waals surface area contributed by atoms with E-state index in [1.165, 1.54) is 4.90 Å². The summed E-state index contributed by atoms with van der Waals surface area (Å²) < 4.78 is 27.6. The Balaban J connectivity index is 1.59. The molecule has 11 heteroatoms. The number of rotatable bonds is 3. The molecule has 1 aliphatic carbocycles. The maximum atomic E-state index is 13.0. The molecule has 0 radical (unpaired) electrons. The molecule has 0 bridgehead atoms. The molecule has 0 spiro atoms. The summed E-state index contributed by atoms with van der Waals surface area (Å²) >= 11 is 12.0. The topological polar surface area (TPSA) is 93.2 Å². The van der Waals surface area contributed by atoms with Crippen LogP contribution in [0.2, 0.25) is 10.0 Å². The normalized spacial score (nSPS) is 18.1. The van der Waals surface area contributed by atoms with E-state index in [-0.39, 0.29) is 24.9 Å². The average molecular weight is 444 g/mol. The van der Waals surface area contributed by atoms with Crippen molar-refractivity contribution in [1.29, 1.82) is 0 Å². The average Bonchev–Trinajstić information content (AvgIpc) is 3.01. The van der Waals surface area contributed by atoms with Crippen molar-refractivity contribution >= 4 is 35.1 Å². The molecule has 1 aliphatic heterocycles. The van der Waals surface area contributed by atoms with E-state index in [0.717, 1.165) is 0 Å². The first-order valence-electron chi connectivity index (χ1n) is 8.93. The number of hydrogen-bond acceptors (Lipinski definition) is 3. The summed E-state index contributed by atoms with van der Waals surface area (Å²) in [6, 6.07) is 3.86. The van der Waals surface area contributed by atoms with Crippen molar-refractivity contribution in [3.8, 4) is 11.3 Å². The standard InChI is InChI=1S/C18H17Cl2F2N5O2/c19-11-2-1-9(5-12(11)20)15-14(16(23)28)13-8-26(3-4-27(13)25-15)17(29)24-10-6-18(21,22)7-10/h1-2,5,10H,3-4,6-8H2,(H2,23,28)(H,24,29). The third kappa shape index (κ3) is 3.76. The van der Waals surface area contributed by atoms with Crippen LogP contribution in [-0.2, 0) is 13.1 Å². The van der Waals surface area contributed by atoms with Crippen LogP contribution in [0.4, 0.5) is 13.6 Å².